The van der Waals surface area contributed by atoms with Gasteiger partial charge in [0, 0.05) is 48.7 Å². The van der Waals surface area contributed by atoms with Crippen molar-refractivity contribution in [1.29, 1.82) is 0 Å². The van der Waals surface area contributed by atoms with Crippen LogP contribution < -0.4 is 0 Å². The minimum Gasteiger partial charge on any atom is -0.366 e. The fourth-order valence-electron chi connectivity index (χ4n) is 3.86. The second-order valence-electron chi connectivity index (χ2n) is 6.84. The van der Waals surface area contributed by atoms with Crippen LogP contribution in [-0.4, -0.2) is 21.5 Å². The van der Waals surface area contributed by atoms with Crippen molar-refractivity contribution in [2.45, 2.75) is 19.5 Å². The SMILES string of the molecule is O=C1C(=CC2=CC=C(N3Cc4ccncc4C3)C2)C(=O)c2ccccc21. The highest BCUT2D eigenvalue weighted by molar-refractivity contribution is 6.39. The summed E-state index contributed by atoms with van der Waals surface area (Å²) >= 11 is 0. The highest BCUT2D eigenvalue weighted by Gasteiger charge is 2.33. The molecule has 1 aromatic carbocycles. The van der Waals surface area contributed by atoms with E-state index in [2.05, 4.69) is 22.0 Å². The van der Waals surface area contributed by atoms with Crippen LogP contribution in [0.15, 0.2) is 77.8 Å². The maximum atomic E-state index is 12.5. The molecule has 1 aliphatic heterocycles. The van der Waals surface area contributed by atoms with Gasteiger partial charge in [0.25, 0.3) is 0 Å². The zero-order valence-corrected chi connectivity index (χ0v) is 14.1. The molecule has 26 heavy (non-hydrogen) atoms. The first-order valence-corrected chi connectivity index (χ1v) is 8.67. The van der Waals surface area contributed by atoms with E-state index >= 15 is 0 Å². The number of benzene rings is 1. The van der Waals surface area contributed by atoms with Gasteiger partial charge in [0.05, 0.1) is 5.57 Å². The molecule has 0 unspecified atom stereocenters. The topological polar surface area (TPSA) is 50.3 Å². The number of nitrogens with zero attached hydrogens (tertiary/aromatic N) is 2. The molecule has 0 radical (unpaired) electrons. The third kappa shape index (κ3) is 2.26. The molecule has 3 aliphatic rings. The van der Waals surface area contributed by atoms with Crippen molar-refractivity contribution in [2.75, 3.05) is 0 Å². The molecule has 0 amide bonds. The molecule has 126 valence electrons. The molecule has 5 rings (SSSR count). The van der Waals surface area contributed by atoms with Gasteiger partial charge in [-0.2, -0.15) is 0 Å². The second-order valence-corrected chi connectivity index (χ2v) is 6.84. The highest BCUT2D eigenvalue weighted by atomic mass is 16.2. The molecule has 1 aromatic heterocycles. The van der Waals surface area contributed by atoms with Crippen LogP contribution >= 0.6 is 0 Å². The zero-order valence-electron chi connectivity index (χ0n) is 14.1. The van der Waals surface area contributed by atoms with Crippen LogP contribution in [0.1, 0.15) is 38.3 Å². The average Bonchev–Trinajstić information content (AvgIpc) is 3.36. The molecule has 2 aliphatic carbocycles. The Bertz CT molecular complexity index is 997. The van der Waals surface area contributed by atoms with E-state index in [0.29, 0.717) is 11.1 Å². The summed E-state index contributed by atoms with van der Waals surface area (Å²) in [5.74, 6) is -0.334. The Labute approximate surface area is 151 Å². The van der Waals surface area contributed by atoms with Crippen molar-refractivity contribution in [3.63, 3.8) is 0 Å². The summed E-state index contributed by atoms with van der Waals surface area (Å²) in [4.78, 5) is 31.6. The Morgan fingerprint density at radius 1 is 0.923 bits per heavy atom. The minimum atomic E-state index is -0.167. The lowest BCUT2D eigenvalue weighted by atomic mass is 10.1. The van der Waals surface area contributed by atoms with Crippen LogP contribution in [0.5, 0.6) is 0 Å². The van der Waals surface area contributed by atoms with E-state index in [-0.39, 0.29) is 17.1 Å². The van der Waals surface area contributed by atoms with Crippen molar-refractivity contribution in [3.8, 4) is 0 Å². The van der Waals surface area contributed by atoms with E-state index in [1.165, 1.54) is 16.8 Å². The summed E-state index contributed by atoms with van der Waals surface area (Å²) in [7, 11) is 0. The second kappa shape index (κ2) is 5.63. The predicted octanol–water partition coefficient (Wildman–Crippen LogP) is 3.62. The normalized spacial score (nSPS) is 18.0. The maximum Gasteiger partial charge on any atom is 0.197 e. The summed E-state index contributed by atoms with van der Waals surface area (Å²) in [5, 5.41) is 0. The van der Waals surface area contributed by atoms with Crippen molar-refractivity contribution < 1.29 is 9.59 Å². The van der Waals surface area contributed by atoms with Crippen LogP contribution in [0.2, 0.25) is 0 Å². The summed E-state index contributed by atoms with van der Waals surface area (Å²) < 4.78 is 0. The lowest BCUT2D eigenvalue weighted by Gasteiger charge is -2.19. The summed E-state index contributed by atoms with van der Waals surface area (Å²) in [5.41, 5.74) is 6.08. The van der Waals surface area contributed by atoms with Gasteiger partial charge in [0.2, 0.25) is 0 Å². The number of Topliss-reactive ketones (excluding diaryl/α,β-unsaturated/α-hetero) is 2. The Morgan fingerprint density at radius 3 is 2.38 bits per heavy atom. The number of ketones is 2. The van der Waals surface area contributed by atoms with Crippen LogP contribution in [0.4, 0.5) is 0 Å². The predicted molar refractivity (Wildman–Crippen MR) is 97.5 cm³/mol. The number of hydrogen-bond donors (Lipinski definition) is 0. The monoisotopic (exact) mass is 340 g/mol. The van der Waals surface area contributed by atoms with Gasteiger partial charge < -0.3 is 4.90 Å². The first-order valence-electron chi connectivity index (χ1n) is 8.67. The van der Waals surface area contributed by atoms with Crippen LogP contribution in [0.25, 0.3) is 0 Å². The van der Waals surface area contributed by atoms with Gasteiger partial charge in [-0.05, 0) is 34.9 Å². The van der Waals surface area contributed by atoms with E-state index < -0.39 is 0 Å². The summed E-state index contributed by atoms with van der Waals surface area (Å²) in [6, 6.07) is 9.09. The van der Waals surface area contributed by atoms with Crippen molar-refractivity contribution in [3.05, 3.63) is 100 Å². The fraction of sp³-hybridized carbons (Fsp3) is 0.136. The molecule has 0 spiro atoms. The summed E-state index contributed by atoms with van der Waals surface area (Å²) in [6.45, 7) is 1.74. The van der Waals surface area contributed by atoms with Gasteiger partial charge in [-0.3, -0.25) is 14.6 Å². The lowest BCUT2D eigenvalue weighted by molar-refractivity contribution is 0.0988. The van der Waals surface area contributed by atoms with E-state index in [1.807, 2.05) is 18.5 Å². The van der Waals surface area contributed by atoms with Gasteiger partial charge in [0.15, 0.2) is 11.6 Å². The van der Waals surface area contributed by atoms with E-state index in [9.17, 15) is 9.59 Å². The number of carbonyl (C=O) groups is 2. The van der Waals surface area contributed by atoms with Gasteiger partial charge in [0.1, 0.15) is 0 Å². The molecule has 0 N–H and O–H groups in total. The van der Waals surface area contributed by atoms with Crippen molar-refractivity contribution in [2.24, 2.45) is 0 Å². The third-order valence-electron chi connectivity index (χ3n) is 5.24. The van der Waals surface area contributed by atoms with Gasteiger partial charge in [-0.1, -0.05) is 30.3 Å². The molecule has 0 saturated carbocycles. The minimum absolute atomic E-state index is 0.167. The van der Waals surface area contributed by atoms with Crippen molar-refractivity contribution >= 4 is 11.6 Å². The Morgan fingerprint density at radius 2 is 1.65 bits per heavy atom. The quantitative estimate of drug-likeness (QED) is 0.619. The number of carbonyl (C=O) groups excluding carboxylic acids is 2. The summed E-state index contributed by atoms with van der Waals surface area (Å²) in [6.07, 6.45) is 10.3. The Balaban J connectivity index is 1.34. The fourth-order valence-corrected chi connectivity index (χ4v) is 3.86. The van der Waals surface area contributed by atoms with Gasteiger partial charge >= 0.3 is 0 Å². The molecule has 2 heterocycles. The molecule has 2 aromatic rings. The first kappa shape index (κ1) is 15.0. The van der Waals surface area contributed by atoms with E-state index in [0.717, 1.165) is 25.1 Å². The standard InChI is InChI=1S/C22H16N2O2/c25-21-18-3-1-2-4-19(18)22(26)20(21)10-14-5-6-17(9-14)24-12-15-7-8-23-11-16(15)13-24/h1-8,10-11H,9,12-13H2. The molecule has 0 atom stereocenters. The Kier molecular flexibility index (Phi) is 3.25. The van der Waals surface area contributed by atoms with Crippen LogP contribution in [-0.2, 0) is 13.1 Å². The molecule has 0 fully saturated rings. The zero-order chi connectivity index (χ0) is 17.7. The number of fused-ring (bicyclic) bond motifs is 2. The van der Waals surface area contributed by atoms with Gasteiger partial charge in [-0.25, -0.2) is 0 Å². The largest absolute Gasteiger partial charge is 0.366 e. The molecular weight excluding hydrogens is 324 g/mol. The first-order chi connectivity index (χ1) is 12.7. The molecule has 0 saturated heterocycles. The Hall–Kier alpha value is -3.27. The maximum absolute atomic E-state index is 12.5. The number of allylic oxidation sites excluding steroid dienone is 5. The average molecular weight is 340 g/mol. The number of hydrogen-bond acceptors (Lipinski definition) is 4. The van der Waals surface area contributed by atoms with E-state index in [4.69, 9.17) is 0 Å². The molecule has 4 heteroatoms. The smallest absolute Gasteiger partial charge is 0.197 e. The van der Waals surface area contributed by atoms with Crippen LogP contribution in [0.3, 0.4) is 0 Å². The third-order valence-corrected chi connectivity index (χ3v) is 5.24. The van der Waals surface area contributed by atoms with Crippen LogP contribution in [0, 0.1) is 0 Å². The van der Waals surface area contributed by atoms with Crippen molar-refractivity contribution in [1.82, 2.24) is 9.88 Å². The molecular formula is C22H16N2O2. The number of pyridine rings is 1. The number of aromatic nitrogens is 1. The molecule has 4 nitrogen and oxygen atoms in total. The number of rotatable bonds is 2. The van der Waals surface area contributed by atoms with Gasteiger partial charge in [-0.15, -0.1) is 0 Å². The molecule has 0 bridgehead atoms. The highest BCUT2D eigenvalue weighted by Crippen LogP contribution is 2.33. The lowest BCUT2D eigenvalue weighted by Crippen LogP contribution is -2.14. The van der Waals surface area contributed by atoms with E-state index in [1.54, 1.807) is 30.3 Å².